The van der Waals surface area contributed by atoms with E-state index < -0.39 is 0 Å². The zero-order chi connectivity index (χ0) is 27.8. The third-order valence-electron chi connectivity index (χ3n) is 7.67. The van der Waals surface area contributed by atoms with Crippen LogP contribution in [0.15, 0.2) is 54.9 Å². The fourth-order valence-corrected chi connectivity index (χ4v) is 5.17. The SMILES string of the molecule is CC[C@H](O)CNCc1ccc2c(c1)C(=O)N(c1cc(-c3ccc(C#N)cc3-c3nncn3C)cc(C3CC3)n1)C2. The van der Waals surface area contributed by atoms with Crippen molar-refractivity contribution in [1.82, 2.24) is 25.1 Å². The molecule has 0 unspecified atom stereocenters. The molecule has 1 atom stereocenters. The maximum Gasteiger partial charge on any atom is 0.260 e. The van der Waals surface area contributed by atoms with Crippen LogP contribution in [0.3, 0.4) is 0 Å². The van der Waals surface area contributed by atoms with Crippen LogP contribution in [-0.4, -0.2) is 43.4 Å². The molecule has 2 N–H and O–H groups in total. The number of aryl methyl sites for hydroxylation is 1. The number of nitrogens with zero attached hydrogens (tertiary/aromatic N) is 6. The normalized spacial score (nSPS) is 15.2. The zero-order valence-electron chi connectivity index (χ0n) is 22.6. The summed E-state index contributed by atoms with van der Waals surface area (Å²) < 4.78 is 1.83. The molecule has 40 heavy (non-hydrogen) atoms. The summed E-state index contributed by atoms with van der Waals surface area (Å²) >= 11 is 0. The number of fused-ring (bicyclic) bond motifs is 1. The molecule has 3 heterocycles. The van der Waals surface area contributed by atoms with E-state index in [1.807, 2.05) is 54.9 Å². The van der Waals surface area contributed by atoms with Crippen molar-refractivity contribution in [2.24, 2.45) is 7.05 Å². The topological polar surface area (TPSA) is 120 Å². The van der Waals surface area contributed by atoms with Crippen LogP contribution in [0.2, 0.25) is 0 Å². The van der Waals surface area contributed by atoms with E-state index in [0.717, 1.165) is 46.4 Å². The summed E-state index contributed by atoms with van der Waals surface area (Å²) in [6, 6.07) is 17.9. The second-order valence-corrected chi connectivity index (χ2v) is 10.6. The van der Waals surface area contributed by atoms with E-state index in [2.05, 4.69) is 27.6 Å². The Balaban J connectivity index is 1.35. The Kier molecular flexibility index (Phi) is 6.88. The number of amides is 1. The third kappa shape index (κ3) is 4.99. The van der Waals surface area contributed by atoms with Crippen molar-refractivity contribution in [1.29, 1.82) is 5.26 Å². The van der Waals surface area contributed by atoms with E-state index in [9.17, 15) is 15.2 Å². The van der Waals surface area contributed by atoms with Crippen molar-refractivity contribution in [3.63, 3.8) is 0 Å². The number of nitrogens with one attached hydrogen (secondary N) is 1. The standard InChI is InChI=1S/C31H31N7O2/c1-3-24(39)16-33-15-20-4-6-22-17-38(31(40)26(22)11-20)29-13-23(12-28(35-29)21-7-8-21)25-9-5-19(14-32)10-27(25)30-36-34-18-37(30)2/h4-6,9-13,18,21,24,33,39H,3,7-8,15-17H2,1-2H3/t24-/m0/s1. The lowest BCUT2D eigenvalue weighted by atomic mass is 9.96. The number of nitriles is 1. The molecule has 1 aliphatic heterocycles. The van der Waals surface area contributed by atoms with Crippen molar-refractivity contribution >= 4 is 11.7 Å². The van der Waals surface area contributed by atoms with Crippen LogP contribution in [0.4, 0.5) is 5.82 Å². The zero-order valence-corrected chi connectivity index (χ0v) is 22.6. The summed E-state index contributed by atoms with van der Waals surface area (Å²) in [5.74, 6) is 1.60. The largest absolute Gasteiger partial charge is 0.392 e. The summed E-state index contributed by atoms with van der Waals surface area (Å²) in [7, 11) is 1.88. The molecule has 0 saturated heterocycles. The molecular weight excluding hydrogens is 502 g/mol. The number of aromatic nitrogens is 4. The van der Waals surface area contributed by atoms with Crippen LogP contribution in [-0.2, 0) is 20.1 Å². The molecule has 202 valence electrons. The number of hydrogen-bond donors (Lipinski definition) is 2. The van der Waals surface area contributed by atoms with Crippen molar-refractivity contribution in [3.8, 4) is 28.6 Å². The summed E-state index contributed by atoms with van der Waals surface area (Å²) in [6.45, 7) is 3.51. The molecule has 0 bridgehead atoms. The van der Waals surface area contributed by atoms with E-state index in [1.54, 1.807) is 17.3 Å². The van der Waals surface area contributed by atoms with Gasteiger partial charge in [0.15, 0.2) is 5.82 Å². The number of carbonyl (C=O) groups is 1. The minimum atomic E-state index is -0.379. The van der Waals surface area contributed by atoms with E-state index in [1.165, 1.54) is 0 Å². The van der Waals surface area contributed by atoms with Gasteiger partial charge >= 0.3 is 0 Å². The Morgan fingerprint density at radius 1 is 1.12 bits per heavy atom. The Morgan fingerprint density at radius 2 is 1.98 bits per heavy atom. The Hall–Kier alpha value is -4.39. The average Bonchev–Trinajstić information content (AvgIpc) is 3.67. The molecule has 2 aliphatic rings. The van der Waals surface area contributed by atoms with Gasteiger partial charge in [-0.05, 0) is 71.8 Å². The molecular formula is C31H31N7O2. The molecule has 6 rings (SSSR count). The minimum absolute atomic E-state index is 0.0646. The van der Waals surface area contributed by atoms with Crippen LogP contribution in [0.1, 0.15) is 64.8 Å². The van der Waals surface area contributed by atoms with Crippen LogP contribution < -0.4 is 10.2 Å². The first kappa shape index (κ1) is 25.9. The Morgan fingerprint density at radius 3 is 2.70 bits per heavy atom. The van der Waals surface area contributed by atoms with Crippen LogP contribution in [0.5, 0.6) is 0 Å². The number of anilines is 1. The molecule has 4 aromatic rings. The monoisotopic (exact) mass is 533 g/mol. The predicted octanol–water partition coefficient (Wildman–Crippen LogP) is 4.31. The van der Waals surface area contributed by atoms with Crippen LogP contribution in [0, 0.1) is 11.3 Å². The molecule has 0 radical (unpaired) electrons. The van der Waals surface area contributed by atoms with Gasteiger partial charge in [-0.3, -0.25) is 9.69 Å². The summed E-state index contributed by atoms with van der Waals surface area (Å²) in [6.07, 6.45) is 4.12. The van der Waals surface area contributed by atoms with Gasteiger partial charge in [0.2, 0.25) is 0 Å². The van der Waals surface area contributed by atoms with Gasteiger partial charge in [0.25, 0.3) is 5.91 Å². The van der Waals surface area contributed by atoms with Gasteiger partial charge in [-0.1, -0.05) is 25.1 Å². The minimum Gasteiger partial charge on any atom is -0.392 e. The molecule has 9 heteroatoms. The summed E-state index contributed by atoms with van der Waals surface area (Å²) in [4.78, 5) is 20.4. The van der Waals surface area contributed by atoms with E-state index >= 15 is 0 Å². The molecule has 9 nitrogen and oxygen atoms in total. The quantitative estimate of drug-likeness (QED) is 0.329. The van der Waals surface area contributed by atoms with E-state index in [-0.39, 0.29) is 12.0 Å². The first-order chi connectivity index (χ1) is 19.4. The fraction of sp³-hybridized carbons (Fsp3) is 0.323. The molecule has 2 aromatic carbocycles. The number of aliphatic hydroxyl groups is 1. The van der Waals surface area contributed by atoms with Crippen molar-refractivity contribution in [2.75, 3.05) is 11.4 Å². The Labute approximate surface area is 233 Å². The smallest absolute Gasteiger partial charge is 0.260 e. The highest BCUT2D eigenvalue weighted by Gasteiger charge is 2.32. The number of pyridine rings is 1. The van der Waals surface area contributed by atoms with Gasteiger partial charge in [-0.2, -0.15) is 5.26 Å². The van der Waals surface area contributed by atoms with Crippen molar-refractivity contribution in [2.45, 2.75) is 51.3 Å². The first-order valence-corrected chi connectivity index (χ1v) is 13.7. The summed E-state index contributed by atoms with van der Waals surface area (Å²) in [5, 5.41) is 31.0. The molecule has 1 saturated carbocycles. The van der Waals surface area contributed by atoms with Crippen LogP contribution in [0.25, 0.3) is 22.5 Å². The lowest BCUT2D eigenvalue weighted by Crippen LogP contribution is -2.26. The van der Waals surface area contributed by atoms with E-state index in [4.69, 9.17) is 4.98 Å². The van der Waals surface area contributed by atoms with Crippen molar-refractivity contribution in [3.05, 3.63) is 82.8 Å². The van der Waals surface area contributed by atoms with Gasteiger partial charge in [0.05, 0.1) is 24.3 Å². The van der Waals surface area contributed by atoms with Gasteiger partial charge in [-0.15, -0.1) is 10.2 Å². The maximum absolute atomic E-state index is 13.7. The van der Waals surface area contributed by atoms with E-state index in [0.29, 0.717) is 54.7 Å². The Bertz CT molecular complexity index is 1630. The lowest BCUT2D eigenvalue weighted by molar-refractivity contribution is 0.0995. The number of rotatable bonds is 9. The predicted molar refractivity (Wildman–Crippen MR) is 151 cm³/mol. The van der Waals surface area contributed by atoms with Crippen molar-refractivity contribution < 1.29 is 9.90 Å². The van der Waals surface area contributed by atoms with Gasteiger partial charge < -0.3 is 15.0 Å². The summed E-state index contributed by atoms with van der Waals surface area (Å²) in [5.41, 5.74) is 6.82. The number of carbonyl (C=O) groups excluding carboxylic acids is 1. The number of aliphatic hydroxyl groups excluding tert-OH is 1. The van der Waals surface area contributed by atoms with Gasteiger partial charge in [0.1, 0.15) is 12.1 Å². The molecule has 2 aromatic heterocycles. The second-order valence-electron chi connectivity index (χ2n) is 10.6. The average molecular weight is 534 g/mol. The molecule has 0 spiro atoms. The molecule has 1 aliphatic carbocycles. The van der Waals surface area contributed by atoms with Crippen LogP contribution >= 0.6 is 0 Å². The highest BCUT2D eigenvalue weighted by Crippen LogP contribution is 2.43. The lowest BCUT2D eigenvalue weighted by Gasteiger charge is -2.18. The fourth-order valence-electron chi connectivity index (χ4n) is 5.17. The number of benzene rings is 2. The van der Waals surface area contributed by atoms with Gasteiger partial charge in [0, 0.05) is 42.9 Å². The molecule has 1 fully saturated rings. The second kappa shape index (κ2) is 10.6. The highest BCUT2D eigenvalue weighted by atomic mass is 16.3. The maximum atomic E-state index is 13.7. The highest BCUT2D eigenvalue weighted by molar-refractivity contribution is 6.10. The molecule has 1 amide bonds. The third-order valence-corrected chi connectivity index (χ3v) is 7.67. The first-order valence-electron chi connectivity index (χ1n) is 13.7. The number of hydrogen-bond acceptors (Lipinski definition) is 7. The van der Waals surface area contributed by atoms with Gasteiger partial charge in [-0.25, -0.2) is 4.98 Å².